The number of carbonyl (C=O) groups excluding carboxylic acids is 1. The first kappa shape index (κ1) is 27.0. The van der Waals surface area contributed by atoms with E-state index in [9.17, 15) is 4.79 Å². The Morgan fingerprint density at radius 2 is 2.06 bits per heavy atom. The largest absolute Gasteiger partial charge is 0.496 e. The standard InChI is InChI=1S/C28H35N3O5/c1-8-10-22(9-2)30(5)28-24-13-23(21-15-29-31(16-21)11-12-35-18-33-6)26(34-7)14-27(24)36-17-25(28)19(3)20(4)32/h8-10,13-16H,3,11-12,17-18H2,1-2,4-7H3/b10-8-,22-9+. The van der Waals surface area contributed by atoms with E-state index in [1.807, 2.05) is 62.1 Å². The van der Waals surface area contributed by atoms with Crippen LogP contribution >= 0.6 is 0 Å². The van der Waals surface area contributed by atoms with Crippen LogP contribution in [0, 0.1) is 0 Å². The van der Waals surface area contributed by atoms with E-state index in [0.717, 1.165) is 33.7 Å². The van der Waals surface area contributed by atoms with Crippen molar-refractivity contribution >= 4 is 11.5 Å². The molecule has 1 aromatic carbocycles. The van der Waals surface area contributed by atoms with Crippen molar-refractivity contribution in [1.82, 2.24) is 14.7 Å². The van der Waals surface area contributed by atoms with Gasteiger partial charge in [-0.15, -0.1) is 0 Å². The lowest BCUT2D eigenvalue weighted by Gasteiger charge is -2.32. The van der Waals surface area contributed by atoms with Crippen LogP contribution in [0.25, 0.3) is 16.8 Å². The SMILES string of the molecule is C=C(C(C)=O)C1=C(N(C)C(/C=C\C)=C/C)c2cc(-c3cnn(CCOCOC)c3)c(OC)cc2OC1. The van der Waals surface area contributed by atoms with Crippen LogP contribution < -0.4 is 9.47 Å². The van der Waals surface area contributed by atoms with Crippen molar-refractivity contribution in [1.29, 1.82) is 0 Å². The number of nitrogens with zero attached hydrogens (tertiary/aromatic N) is 3. The topological polar surface area (TPSA) is 75.1 Å². The van der Waals surface area contributed by atoms with Crippen molar-refractivity contribution in [3.05, 3.63) is 71.7 Å². The summed E-state index contributed by atoms with van der Waals surface area (Å²) in [5.41, 5.74) is 5.63. The molecule has 2 aromatic rings. The Kier molecular flexibility index (Phi) is 9.27. The van der Waals surface area contributed by atoms with Gasteiger partial charge in [0.1, 0.15) is 24.9 Å². The molecule has 0 N–H and O–H groups in total. The van der Waals surface area contributed by atoms with Gasteiger partial charge in [-0.25, -0.2) is 0 Å². The van der Waals surface area contributed by atoms with E-state index in [2.05, 4.69) is 16.6 Å². The Balaban J connectivity index is 2.13. The number of allylic oxidation sites excluding steroid dienone is 3. The van der Waals surface area contributed by atoms with Gasteiger partial charge in [0.15, 0.2) is 5.78 Å². The Bertz CT molecular complexity index is 1210. The number of rotatable bonds is 12. The first-order valence-corrected chi connectivity index (χ1v) is 11.8. The molecular weight excluding hydrogens is 458 g/mol. The van der Waals surface area contributed by atoms with E-state index in [0.29, 0.717) is 30.2 Å². The van der Waals surface area contributed by atoms with Gasteiger partial charge in [0.05, 0.1) is 32.2 Å². The molecule has 8 nitrogen and oxygen atoms in total. The van der Waals surface area contributed by atoms with Crippen LogP contribution in [-0.4, -0.2) is 61.7 Å². The Morgan fingerprint density at radius 3 is 2.69 bits per heavy atom. The Labute approximate surface area is 213 Å². The molecule has 0 unspecified atom stereocenters. The Morgan fingerprint density at radius 1 is 1.28 bits per heavy atom. The average molecular weight is 494 g/mol. The first-order chi connectivity index (χ1) is 17.4. The molecular formula is C28H35N3O5. The maximum absolute atomic E-state index is 12.3. The minimum atomic E-state index is -0.0956. The highest BCUT2D eigenvalue weighted by Crippen LogP contribution is 2.44. The summed E-state index contributed by atoms with van der Waals surface area (Å²) in [6.45, 7) is 11.1. The first-order valence-electron chi connectivity index (χ1n) is 11.8. The van der Waals surface area contributed by atoms with Crippen LogP contribution in [0.5, 0.6) is 11.5 Å². The third kappa shape index (κ3) is 5.78. The summed E-state index contributed by atoms with van der Waals surface area (Å²) < 4.78 is 24.0. The summed E-state index contributed by atoms with van der Waals surface area (Å²) in [4.78, 5) is 14.4. The van der Waals surface area contributed by atoms with Gasteiger partial charge in [0.2, 0.25) is 0 Å². The summed E-state index contributed by atoms with van der Waals surface area (Å²) >= 11 is 0. The normalized spacial score (nSPS) is 13.6. The average Bonchev–Trinajstić information content (AvgIpc) is 3.36. The summed E-state index contributed by atoms with van der Waals surface area (Å²) in [7, 11) is 5.20. The molecule has 2 heterocycles. The molecule has 192 valence electrons. The van der Waals surface area contributed by atoms with Gasteiger partial charge in [0.25, 0.3) is 0 Å². The molecule has 0 bridgehead atoms. The lowest BCUT2D eigenvalue weighted by molar-refractivity contribution is -0.113. The number of fused-ring (bicyclic) bond motifs is 1. The highest BCUT2D eigenvalue weighted by atomic mass is 16.7. The van der Waals surface area contributed by atoms with Crippen LogP contribution in [-0.2, 0) is 20.8 Å². The fourth-order valence-electron chi connectivity index (χ4n) is 4.09. The number of hydrogen-bond acceptors (Lipinski definition) is 7. The van der Waals surface area contributed by atoms with E-state index < -0.39 is 0 Å². The summed E-state index contributed by atoms with van der Waals surface area (Å²) in [5, 5.41) is 4.47. The van der Waals surface area contributed by atoms with E-state index >= 15 is 0 Å². The fourth-order valence-corrected chi connectivity index (χ4v) is 4.09. The summed E-state index contributed by atoms with van der Waals surface area (Å²) in [6.07, 6.45) is 9.77. The smallest absolute Gasteiger partial charge is 0.159 e. The number of hydrogen-bond donors (Lipinski definition) is 0. The van der Waals surface area contributed by atoms with Crippen LogP contribution in [0.15, 0.2) is 66.2 Å². The highest BCUT2D eigenvalue weighted by Gasteiger charge is 2.29. The predicted molar refractivity (Wildman–Crippen MR) is 141 cm³/mol. The zero-order valence-corrected chi connectivity index (χ0v) is 22.0. The molecule has 0 saturated carbocycles. The number of ether oxygens (including phenoxy) is 4. The molecule has 3 rings (SSSR count). The van der Waals surface area contributed by atoms with Crippen molar-refractivity contribution in [3.8, 4) is 22.6 Å². The second kappa shape index (κ2) is 12.4. The zero-order chi connectivity index (χ0) is 26.2. The monoisotopic (exact) mass is 493 g/mol. The van der Waals surface area contributed by atoms with Gasteiger partial charge >= 0.3 is 0 Å². The maximum atomic E-state index is 12.3. The van der Waals surface area contributed by atoms with Crippen LogP contribution in [0.1, 0.15) is 26.3 Å². The van der Waals surface area contributed by atoms with Crippen molar-refractivity contribution in [3.63, 3.8) is 0 Å². The molecule has 1 aliphatic rings. The van der Waals surface area contributed by atoms with Crippen LogP contribution in [0.4, 0.5) is 0 Å². The number of benzene rings is 1. The molecule has 0 radical (unpaired) electrons. The lowest BCUT2D eigenvalue weighted by Crippen LogP contribution is -2.25. The van der Waals surface area contributed by atoms with Crippen molar-refractivity contribution in [2.45, 2.75) is 27.3 Å². The van der Waals surface area contributed by atoms with E-state index in [1.165, 1.54) is 6.92 Å². The summed E-state index contributed by atoms with van der Waals surface area (Å²) in [5.74, 6) is 1.25. The van der Waals surface area contributed by atoms with Gasteiger partial charge in [-0.1, -0.05) is 18.7 Å². The van der Waals surface area contributed by atoms with Gasteiger partial charge in [-0.05, 0) is 32.9 Å². The van der Waals surface area contributed by atoms with Crippen molar-refractivity contribution < 1.29 is 23.7 Å². The van der Waals surface area contributed by atoms with Crippen LogP contribution in [0.3, 0.4) is 0 Å². The van der Waals surface area contributed by atoms with Crippen molar-refractivity contribution in [2.24, 2.45) is 0 Å². The van der Waals surface area contributed by atoms with Gasteiger partial charge < -0.3 is 23.8 Å². The molecule has 1 aliphatic heterocycles. The quantitative estimate of drug-likeness (QED) is 0.181. The minimum absolute atomic E-state index is 0.0956. The third-order valence-corrected chi connectivity index (χ3v) is 5.97. The minimum Gasteiger partial charge on any atom is -0.496 e. The third-order valence-electron chi connectivity index (χ3n) is 5.97. The van der Waals surface area contributed by atoms with Crippen molar-refractivity contribution in [2.75, 3.05) is 41.3 Å². The second-order valence-electron chi connectivity index (χ2n) is 8.28. The molecule has 0 fully saturated rings. The molecule has 8 heteroatoms. The molecule has 0 spiro atoms. The van der Waals surface area contributed by atoms with E-state index in [-0.39, 0.29) is 19.2 Å². The summed E-state index contributed by atoms with van der Waals surface area (Å²) in [6, 6.07) is 3.91. The van der Waals surface area contributed by atoms with E-state index in [1.54, 1.807) is 20.4 Å². The molecule has 36 heavy (non-hydrogen) atoms. The fraction of sp³-hybridized carbons (Fsp3) is 0.357. The molecule has 0 aliphatic carbocycles. The maximum Gasteiger partial charge on any atom is 0.159 e. The van der Waals surface area contributed by atoms with Gasteiger partial charge in [-0.2, -0.15) is 5.10 Å². The second-order valence-corrected chi connectivity index (χ2v) is 8.28. The highest BCUT2D eigenvalue weighted by molar-refractivity contribution is 6.00. The van der Waals surface area contributed by atoms with Gasteiger partial charge in [0, 0.05) is 60.0 Å². The Hall–Kier alpha value is -3.62. The number of Topliss-reactive ketones (excluding diaryl/α,β-unsaturated/α-hetero) is 1. The zero-order valence-electron chi connectivity index (χ0n) is 22.0. The van der Waals surface area contributed by atoms with Crippen LogP contribution in [0.2, 0.25) is 0 Å². The molecule has 0 atom stereocenters. The molecule has 0 amide bonds. The number of likely N-dealkylation sites (N-methyl/N-ethyl adjacent to an activating group) is 1. The number of carbonyl (C=O) groups is 1. The number of methoxy groups -OCH3 is 2. The van der Waals surface area contributed by atoms with E-state index in [4.69, 9.17) is 18.9 Å². The lowest BCUT2D eigenvalue weighted by atomic mass is 9.92. The number of ketones is 1. The molecule has 1 aromatic heterocycles. The van der Waals surface area contributed by atoms with Gasteiger partial charge in [-0.3, -0.25) is 9.48 Å². The number of aromatic nitrogens is 2. The predicted octanol–water partition coefficient (Wildman–Crippen LogP) is 4.84. The molecule has 0 saturated heterocycles.